The molecule has 0 bridgehead atoms. The lowest BCUT2D eigenvalue weighted by Crippen LogP contribution is -2.14. The molecule has 250 valence electrons. The van der Waals surface area contributed by atoms with Crippen LogP contribution in [-0.2, 0) is 5.41 Å². The van der Waals surface area contributed by atoms with Gasteiger partial charge in [-0.1, -0.05) is 135 Å². The summed E-state index contributed by atoms with van der Waals surface area (Å²) in [6.45, 7) is 4.69. The van der Waals surface area contributed by atoms with E-state index in [0.717, 1.165) is 55.3 Å². The fraction of sp³-hybridized carbons (Fsp3) is 0.0625. The zero-order valence-electron chi connectivity index (χ0n) is 29.2. The van der Waals surface area contributed by atoms with Crippen molar-refractivity contribution in [1.29, 1.82) is 0 Å². The SMILES string of the molecule is CC1(C)c2ccccc2-c2cc3c(cc21)c1ccccc1n3-c1cc(-c2nc(-c3ccccc3)nc(-c3ccccc3)n2)cc2oc3ccccc3c12. The lowest BCUT2D eigenvalue weighted by molar-refractivity contribution is 0.661. The molecule has 0 fully saturated rings. The Bertz CT molecular complexity index is 3020. The van der Waals surface area contributed by atoms with Crippen molar-refractivity contribution >= 4 is 43.7 Å². The molecule has 0 saturated heterocycles. The van der Waals surface area contributed by atoms with Crippen LogP contribution in [0.2, 0.25) is 0 Å². The summed E-state index contributed by atoms with van der Waals surface area (Å²) in [5.74, 6) is 1.82. The lowest BCUT2D eigenvalue weighted by atomic mass is 9.82. The third-order valence-electron chi connectivity index (χ3n) is 11.0. The molecule has 5 nitrogen and oxygen atoms in total. The summed E-state index contributed by atoms with van der Waals surface area (Å²) in [5.41, 5.74) is 12.8. The maximum atomic E-state index is 6.67. The molecular weight excluding hydrogens is 649 g/mol. The second-order valence-electron chi connectivity index (χ2n) is 14.4. The van der Waals surface area contributed by atoms with Gasteiger partial charge < -0.3 is 8.98 Å². The Hall–Kier alpha value is -6.85. The minimum atomic E-state index is -0.108. The molecule has 0 aliphatic heterocycles. The maximum absolute atomic E-state index is 6.67. The van der Waals surface area contributed by atoms with Crippen LogP contribution in [0.4, 0.5) is 0 Å². The van der Waals surface area contributed by atoms with Gasteiger partial charge in [-0.3, -0.25) is 0 Å². The number of fused-ring (bicyclic) bond motifs is 9. The highest BCUT2D eigenvalue weighted by atomic mass is 16.3. The summed E-state index contributed by atoms with van der Waals surface area (Å²) in [5, 5.41) is 4.55. The molecule has 11 rings (SSSR count). The van der Waals surface area contributed by atoms with E-state index in [0.29, 0.717) is 17.5 Å². The van der Waals surface area contributed by atoms with Gasteiger partial charge in [-0.2, -0.15) is 0 Å². The van der Waals surface area contributed by atoms with Gasteiger partial charge in [-0.05, 0) is 58.7 Å². The molecule has 0 saturated carbocycles. The van der Waals surface area contributed by atoms with Crippen molar-refractivity contribution in [3.05, 3.63) is 169 Å². The van der Waals surface area contributed by atoms with E-state index >= 15 is 0 Å². The van der Waals surface area contributed by atoms with Gasteiger partial charge in [0, 0.05) is 38.3 Å². The van der Waals surface area contributed by atoms with Crippen molar-refractivity contribution in [3.63, 3.8) is 0 Å². The molecule has 0 atom stereocenters. The molecule has 5 heteroatoms. The van der Waals surface area contributed by atoms with E-state index in [1.807, 2.05) is 72.8 Å². The van der Waals surface area contributed by atoms with Crippen LogP contribution >= 0.6 is 0 Å². The number of benzene rings is 7. The molecule has 0 spiro atoms. The van der Waals surface area contributed by atoms with Gasteiger partial charge in [-0.25, -0.2) is 15.0 Å². The van der Waals surface area contributed by atoms with Crippen LogP contribution in [0.1, 0.15) is 25.0 Å². The summed E-state index contributed by atoms with van der Waals surface area (Å²) >= 11 is 0. The Morgan fingerprint density at radius 2 is 1.06 bits per heavy atom. The van der Waals surface area contributed by atoms with Crippen LogP contribution in [0, 0.1) is 0 Å². The largest absolute Gasteiger partial charge is 0.456 e. The molecule has 0 amide bonds. The molecule has 1 aliphatic rings. The molecule has 1 aliphatic carbocycles. The quantitative estimate of drug-likeness (QED) is 0.186. The first-order valence-electron chi connectivity index (χ1n) is 18.0. The minimum Gasteiger partial charge on any atom is -0.456 e. The first-order chi connectivity index (χ1) is 26.0. The number of hydrogen-bond acceptors (Lipinski definition) is 4. The van der Waals surface area contributed by atoms with E-state index in [-0.39, 0.29) is 5.41 Å². The second kappa shape index (κ2) is 11.1. The molecule has 3 heterocycles. The highest BCUT2D eigenvalue weighted by Crippen LogP contribution is 2.51. The van der Waals surface area contributed by atoms with E-state index in [4.69, 9.17) is 19.4 Å². The van der Waals surface area contributed by atoms with Gasteiger partial charge in [-0.15, -0.1) is 0 Å². The average Bonchev–Trinajstić information content (AvgIpc) is 3.83. The molecule has 0 N–H and O–H groups in total. The van der Waals surface area contributed by atoms with Gasteiger partial charge in [0.05, 0.1) is 22.1 Å². The van der Waals surface area contributed by atoms with Crippen molar-refractivity contribution in [1.82, 2.24) is 19.5 Å². The number of aromatic nitrogens is 4. The van der Waals surface area contributed by atoms with Crippen LogP contribution in [0.3, 0.4) is 0 Å². The van der Waals surface area contributed by atoms with Gasteiger partial charge in [0.2, 0.25) is 0 Å². The van der Waals surface area contributed by atoms with Crippen LogP contribution in [-0.4, -0.2) is 19.5 Å². The van der Waals surface area contributed by atoms with Crippen LogP contribution in [0.15, 0.2) is 162 Å². The molecule has 3 aromatic heterocycles. The zero-order valence-corrected chi connectivity index (χ0v) is 29.2. The van der Waals surface area contributed by atoms with E-state index in [1.165, 1.54) is 33.0 Å². The fourth-order valence-corrected chi connectivity index (χ4v) is 8.50. The first kappa shape index (κ1) is 29.8. The predicted molar refractivity (Wildman–Crippen MR) is 215 cm³/mol. The van der Waals surface area contributed by atoms with Gasteiger partial charge in [0.15, 0.2) is 17.5 Å². The summed E-state index contributed by atoms with van der Waals surface area (Å²) in [4.78, 5) is 15.2. The molecule has 7 aromatic carbocycles. The standard InChI is InChI=1S/C48H32N4O/c1-48(2)37-22-12-9-19-32(37)35-28-40-36(27-38(35)48)33-20-10-13-23-39(33)52(40)41-25-31(26-43-44(41)34-21-11-14-24-42(34)53-43)47-50-45(29-15-5-3-6-16-29)49-46(51-47)30-17-7-4-8-18-30/h3-28H,1-2H3. The number of para-hydroxylation sites is 2. The lowest BCUT2D eigenvalue weighted by Gasteiger charge is -2.21. The summed E-state index contributed by atoms with van der Waals surface area (Å²) in [7, 11) is 0. The Labute approximate surface area is 305 Å². The number of rotatable bonds is 4. The van der Waals surface area contributed by atoms with Crippen LogP contribution in [0.5, 0.6) is 0 Å². The van der Waals surface area contributed by atoms with Crippen molar-refractivity contribution in [2.24, 2.45) is 0 Å². The number of furan rings is 1. The minimum absolute atomic E-state index is 0.108. The monoisotopic (exact) mass is 680 g/mol. The summed E-state index contributed by atoms with van der Waals surface area (Å²) < 4.78 is 9.09. The Morgan fingerprint density at radius 3 is 1.79 bits per heavy atom. The number of nitrogens with zero attached hydrogens (tertiary/aromatic N) is 4. The van der Waals surface area contributed by atoms with E-state index in [1.54, 1.807) is 0 Å². The molecule has 0 unspecified atom stereocenters. The molecule has 10 aromatic rings. The van der Waals surface area contributed by atoms with Crippen molar-refractivity contribution in [2.75, 3.05) is 0 Å². The fourth-order valence-electron chi connectivity index (χ4n) is 8.50. The average molecular weight is 681 g/mol. The normalized spacial score (nSPS) is 13.2. The van der Waals surface area contributed by atoms with E-state index in [2.05, 4.69) is 103 Å². The number of hydrogen-bond donors (Lipinski definition) is 0. The Kier molecular flexibility index (Phi) is 6.23. The van der Waals surface area contributed by atoms with Crippen LogP contribution < -0.4 is 0 Å². The summed E-state index contributed by atoms with van der Waals surface area (Å²) in [6.07, 6.45) is 0. The third kappa shape index (κ3) is 4.40. The highest BCUT2D eigenvalue weighted by molar-refractivity contribution is 6.16. The first-order valence-corrected chi connectivity index (χ1v) is 18.0. The second-order valence-corrected chi connectivity index (χ2v) is 14.4. The van der Waals surface area contributed by atoms with Crippen molar-refractivity contribution in [3.8, 4) is 51.0 Å². The zero-order chi connectivity index (χ0) is 35.3. The van der Waals surface area contributed by atoms with Crippen LogP contribution in [0.25, 0.3) is 94.7 Å². The van der Waals surface area contributed by atoms with E-state index < -0.39 is 0 Å². The van der Waals surface area contributed by atoms with Gasteiger partial charge in [0.25, 0.3) is 0 Å². The van der Waals surface area contributed by atoms with E-state index in [9.17, 15) is 0 Å². The maximum Gasteiger partial charge on any atom is 0.164 e. The summed E-state index contributed by atoms with van der Waals surface area (Å²) in [6, 6.07) is 55.3. The molecule has 53 heavy (non-hydrogen) atoms. The van der Waals surface area contributed by atoms with Crippen molar-refractivity contribution < 1.29 is 4.42 Å². The highest BCUT2D eigenvalue weighted by Gasteiger charge is 2.36. The Morgan fingerprint density at radius 1 is 0.453 bits per heavy atom. The van der Waals surface area contributed by atoms with Crippen molar-refractivity contribution in [2.45, 2.75) is 19.3 Å². The van der Waals surface area contributed by atoms with Gasteiger partial charge in [0.1, 0.15) is 11.2 Å². The predicted octanol–water partition coefficient (Wildman–Crippen LogP) is 12.2. The molecule has 0 radical (unpaired) electrons. The van der Waals surface area contributed by atoms with Gasteiger partial charge >= 0.3 is 0 Å². The Balaban J connectivity index is 1.25. The molecular formula is C48H32N4O. The topological polar surface area (TPSA) is 56.7 Å². The smallest absolute Gasteiger partial charge is 0.164 e. The third-order valence-corrected chi connectivity index (χ3v) is 11.0.